The van der Waals surface area contributed by atoms with E-state index in [4.69, 9.17) is 11.6 Å². The van der Waals surface area contributed by atoms with Crippen molar-refractivity contribution in [1.82, 2.24) is 9.97 Å². The smallest absolute Gasteiger partial charge is 0.132 e. The van der Waals surface area contributed by atoms with E-state index in [-0.39, 0.29) is 0 Å². The molecule has 0 unspecified atom stereocenters. The normalized spacial score (nSPS) is 11.3. The largest absolute Gasteiger partial charge is 0.232 e. The molecule has 2 nitrogen and oxygen atoms in total. The molecule has 0 bridgehead atoms. The number of halogens is 2. The van der Waals surface area contributed by atoms with Gasteiger partial charge in [0.25, 0.3) is 0 Å². The predicted octanol–water partition coefficient (Wildman–Crippen LogP) is 4.17. The molecule has 1 aromatic carbocycles. The van der Waals surface area contributed by atoms with Gasteiger partial charge in [0.15, 0.2) is 0 Å². The van der Waals surface area contributed by atoms with E-state index < -0.39 is 0 Å². The van der Waals surface area contributed by atoms with Gasteiger partial charge in [0.2, 0.25) is 0 Å². The van der Waals surface area contributed by atoms with Crippen molar-refractivity contribution in [2.45, 2.75) is 19.8 Å². The van der Waals surface area contributed by atoms with Gasteiger partial charge >= 0.3 is 0 Å². The maximum atomic E-state index is 5.93. The summed E-state index contributed by atoms with van der Waals surface area (Å²) in [6.45, 7) is 4.14. The summed E-state index contributed by atoms with van der Waals surface area (Å²) in [4.78, 5) is 8.86. The van der Waals surface area contributed by atoms with E-state index in [1.807, 2.05) is 18.2 Å². The number of fused-ring (bicyclic) bond motifs is 1. The summed E-state index contributed by atoms with van der Waals surface area (Å²) < 4.78 is 0.827. The van der Waals surface area contributed by atoms with Crippen molar-refractivity contribution in [3.05, 3.63) is 33.6 Å². The van der Waals surface area contributed by atoms with Crippen molar-refractivity contribution >= 4 is 38.4 Å². The van der Waals surface area contributed by atoms with E-state index in [2.05, 4.69) is 39.7 Å². The first-order valence-electron chi connectivity index (χ1n) is 4.70. The Morgan fingerprint density at radius 3 is 2.67 bits per heavy atom. The van der Waals surface area contributed by atoms with Gasteiger partial charge in [-0.25, -0.2) is 9.97 Å². The van der Waals surface area contributed by atoms with E-state index >= 15 is 0 Å². The first-order valence-corrected chi connectivity index (χ1v) is 5.87. The van der Waals surface area contributed by atoms with Crippen LogP contribution in [0, 0.1) is 0 Å². The average Bonchev–Trinajstić information content (AvgIpc) is 2.16. The molecular formula is C11H10BrClN2. The molecule has 2 rings (SSSR count). The molecule has 2 aromatic rings. The van der Waals surface area contributed by atoms with Crippen molar-refractivity contribution < 1.29 is 0 Å². The van der Waals surface area contributed by atoms with Gasteiger partial charge < -0.3 is 0 Å². The lowest BCUT2D eigenvalue weighted by molar-refractivity contribution is 0.779. The van der Waals surface area contributed by atoms with Crippen LogP contribution in [0.3, 0.4) is 0 Å². The third kappa shape index (κ3) is 2.13. The SMILES string of the molecule is CC(C)c1nc(Br)c2ccc(Cl)cc2n1. The molecule has 0 spiro atoms. The zero-order valence-corrected chi connectivity index (χ0v) is 10.8. The van der Waals surface area contributed by atoms with Gasteiger partial charge in [0.05, 0.1) is 5.52 Å². The van der Waals surface area contributed by atoms with Gasteiger partial charge in [-0.2, -0.15) is 0 Å². The zero-order valence-electron chi connectivity index (χ0n) is 8.46. The van der Waals surface area contributed by atoms with Crippen LogP contribution >= 0.6 is 27.5 Å². The first kappa shape index (κ1) is 10.8. The average molecular weight is 286 g/mol. The number of aromatic nitrogens is 2. The Bertz CT molecular complexity index is 511. The van der Waals surface area contributed by atoms with Crippen molar-refractivity contribution in [2.24, 2.45) is 0 Å². The molecule has 0 fully saturated rings. The highest BCUT2D eigenvalue weighted by Crippen LogP contribution is 2.25. The van der Waals surface area contributed by atoms with Crippen LogP contribution in [-0.2, 0) is 0 Å². The van der Waals surface area contributed by atoms with Crippen LogP contribution in [0.5, 0.6) is 0 Å². The Balaban J connectivity index is 2.74. The summed E-state index contributed by atoms with van der Waals surface area (Å²) in [5.74, 6) is 1.14. The summed E-state index contributed by atoms with van der Waals surface area (Å²) in [7, 11) is 0. The Kier molecular flexibility index (Phi) is 2.94. The van der Waals surface area contributed by atoms with E-state index in [1.54, 1.807) is 0 Å². The summed E-state index contributed by atoms with van der Waals surface area (Å²) in [6, 6.07) is 5.62. The molecule has 78 valence electrons. The number of nitrogens with zero attached hydrogens (tertiary/aromatic N) is 2. The third-order valence-electron chi connectivity index (χ3n) is 2.15. The van der Waals surface area contributed by atoms with Crippen LogP contribution in [0.1, 0.15) is 25.6 Å². The number of rotatable bonds is 1. The van der Waals surface area contributed by atoms with Gasteiger partial charge in [-0.05, 0) is 34.1 Å². The summed E-state index contributed by atoms with van der Waals surface area (Å²) in [5.41, 5.74) is 0.882. The van der Waals surface area contributed by atoms with E-state index in [0.29, 0.717) is 10.9 Å². The van der Waals surface area contributed by atoms with E-state index in [1.165, 1.54) is 0 Å². The Morgan fingerprint density at radius 1 is 1.27 bits per heavy atom. The Hall–Kier alpha value is -0.670. The van der Waals surface area contributed by atoms with Gasteiger partial charge in [-0.3, -0.25) is 0 Å². The number of benzene rings is 1. The molecule has 0 aliphatic heterocycles. The lowest BCUT2D eigenvalue weighted by Crippen LogP contribution is -1.98. The molecule has 15 heavy (non-hydrogen) atoms. The fourth-order valence-corrected chi connectivity index (χ4v) is 2.02. The van der Waals surface area contributed by atoms with Gasteiger partial charge in [-0.1, -0.05) is 25.4 Å². The van der Waals surface area contributed by atoms with Crippen molar-refractivity contribution in [3.63, 3.8) is 0 Å². The zero-order chi connectivity index (χ0) is 11.0. The van der Waals surface area contributed by atoms with Crippen molar-refractivity contribution in [1.29, 1.82) is 0 Å². The molecule has 1 heterocycles. The van der Waals surface area contributed by atoms with Gasteiger partial charge in [0, 0.05) is 16.3 Å². The molecule has 0 N–H and O–H groups in total. The fourth-order valence-electron chi connectivity index (χ4n) is 1.34. The van der Waals surface area contributed by atoms with E-state index in [9.17, 15) is 0 Å². The second-order valence-electron chi connectivity index (χ2n) is 3.69. The lowest BCUT2D eigenvalue weighted by atomic mass is 10.2. The monoisotopic (exact) mass is 284 g/mol. The van der Waals surface area contributed by atoms with Crippen LogP contribution in [0.2, 0.25) is 5.02 Å². The summed E-state index contributed by atoms with van der Waals surface area (Å²) in [5, 5.41) is 1.69. The second kappa shape index (κ2) is 4.06. The Morgan fingerprint density at radius 2 is 2.00 bits per heavy atom. The standard InChI is InChI=1S/C11H10BrClN2/c1-6(2)11-14-9-5-7(13)3-4-8(9)10(12)15-11/h3-6H,1-2H3. The van der Waals surface area contributed by atoms with E-state index in [0.717, 1.165) is 21.3 Å². The maximum absolute atomic E-state index is 5.93. The summed E-state index contributed by atoms with van der Waals surface area (Å²) >= 11 is 9.37. The molecule has 0 amide bonds. The predicted molar refractivity (Wildman–Crippen MR) is 66.3 cm³/mol. The highest BCUT2D eigenvalue weighted by atomic mass is 79.9. The minimum Gasteiger partial charge on any atom is -0.232 e. The topological polar surface area (TPSA) is 25.8 Å². The minimum absolute atomic E-state index is 0.310. The molecule has 0 aliphatic rings. The maximum Gasteiger partial charge on any atom is 0.132 e. The molecule has 1 aromatic heterocycles. The van der Waals surface area contributed by atoms with Crippen LogP contribution in [0.25, 0.3) is 10.9 Å². The molecule has 4 heteroatoms. The van der Waals surface area contributed by atoms with Crippen LogP contribution < -0.4 is 0 Å². The highest BCUT2D eigenvalue weighted by Gasteiger charge is 2.08. The molecule has 0 saturated heterocycles. The van der Waals surface area contributed by atoms with Crippen LogP contribution in [-0.4, -0.2) is 9.97 Å². The quantitative estimate of drug-likeness (QED) is 0.735. The highest BCUT2D eigenvalue weighted by molar-refractivity contribution is 9.10. The van der Waals surface area contributed by atoms with Crippen molar-refractivity contribution in [3.8, 4) is 0 Å². The van der Waals surface area contributed by atoms with Crippen LogP contribution in [0.4, 0.5) is 0 Å². The minimum atomic E-state index is 0.310. The molecule has 0 aliphatic carbocycles. The third-order valence-corrected chi connectivity index (χ3v) is 2.99. The van der Waals surface area contributed by atoms with Crippen LogP contribution in [0.15, 0.2) is 22.8 Å². The molecular weight excluding hydrogens is 275 g/mol. The van der Waals surface area contributed by atoms with Gasteiger partial charge in [-0.15, -0.1) is 0 Å². The van der Waals surface area contributed by atoms with Crippen molar-refractivity contribution in [2.75, 3.05) is 0 Å². The summed E-state index contributed by atoms with van der Waals surface area (Å²) in [6.07, 6.45) is 0. The Labute approximate surface area is 102 Å². The van der Waals surface area contributed by atoms with Gasteiger partial charge in [0.1, 0.15) is 10.4 Å². The lowest BCUT2D eigenvalue weighted by Gasteiger charge is -2.06. The first-order chi connectivity index (χ1) is 7.08. The molecule has 0 radical (unpaired) electrons. The number of hydrogen-bond donors (Lipinski definition) is 0. The number of hydrogen-bond acceptors (Lipinski definition) is 2. The second-order valence-corrected chi connectivity index (χ2v) is 4.88. The molecule has 0 atom stereocenters. The fraction of sp³-hybridized carbons (Fsp3) is 0.273. The molecule has 0 saturated carbocycles.